The SMILES string of the molecule is COc1ccc(CN(CC2(C)CCNC2)C2CCS(=O)(=O)C2)cc1.Cl. The molecule has 5 nitrogen and oxygen atoms in total. The summed E-state index contributed by atoms with van der Waals surface area (Å²) >= 11 is 0. The van der Waals surface area contributed by atoms with Crippen LogP contribution in [-0.4, -0.2) is 57.6 Å². The van der Waals surface area contributed by atoms with Crippen LogP contribution in [0.3, 0.4) is 0 Å². The predicted octanol–water partition coefficient (Wildman–Crippen LogP) is 2.11. The second-order valence-electron chi connectivity index (χ2n) is 7.55. The molecule has 0 radical (unpaired) electrons. The number of hydrogen-bond donors (Lipinski definition) is 1. The van der Waals surface area contributed by atoms with Crippen LogP contribution in [-0.2, 0) is 16.4 Å². The van der Waals surface area contributed by atoms with E-state index in [4.69, 9.17) is 4.74 Å². The highest BCUT2D eigenvalue weighted by molar-refractivity contribution is 7.91. The van der Waals surface area contributed by atoms with Gasteiger partial charge in [-0.3, -0.25) is 4.90 Å². The number of nitrogens with one attached hydrogen (secondary N) is 1. The zero-order chi connectivity index (χ0) is 17.2. The molecule has 2 saturated heterocycles. The summed E-state index contributed by atoms with van der Waals surface area (Å²) in [6, 6.07) is 8.22. The summed E-state index contributed by atoms with van der Waals surface area (Å²) in [6.45, 7) is 6.09. The first-order valence-corrected chi connectivity index (χ1v) is 10.5. The van der Waals surface area contributed by atoms with Gasteiger partial charge in [0.05, 0.1) is 18.6 Å². The fourth-order valence-corrected chi connectivity index (χ4v) is 5.60. The van der Waals surface area contributed by atoms with Crippen LogP contribution in [0.4, 0.5) is 0 Å². The summed E-state index contributed by atoms with van der Waals surface area (Å²) in [5.74, 6) is 1.47. The molecule has 0 amide bonds. The number of nitrogens with zero attached hydrogens (tertiary/aromatic N) is 1. The largest absolute Gasteiger partial charge is 0.497 e. The summed E-state index contributed by atoms with van der Waals surface area (Å²) in [4.78, 5) is 2.39. The molecule has 142 valence electrons. The molecule has 2 aliphatic heterocycles. The van der Waals surface area contributed by atoms with E-state index in [2.05, 4.69) is 29.3 Å². The zero-order valence-electron chi connectivity index (χ0n) is 15.0. The van der Waals surface area contributed by atoms with Gasteiger partial charge in [-0.2, -0.15) is 0 Å². The van der Waals surface area contributed by atoms with E-state index in [1.54, 1.807) is 7.11 Å². The normalized spacial score (nSPS) is 28.0. The van der Waals surface area contributed by atoms with Crippen molar-refractivity contribution in [3.63, 3.8) is 0 Å². The van der Waals surface area contributed by atoms with Crippen LogP contribution < -0.4 is 10.1 Å². The van der Waals surface area contributed by atoms with Crippen molar-refractivity contribution in [2.24, 2.45) is 5.41 Å². The van der Waals surface area contributed by atoms with Gasteiger partial charge in [0.2, 0.25) is 0 Å². The third kappa shape index (κ3) is 5.33. The van der Waals surface area contributed by atoms with Crippen LogP contribution in [0.1, 0.15) is 25.3 Å². The highest BCUT2D eigenvalue weighted by Gasteiger charge is 2.37. The Morgan fingerprint density at radius 3 is 2.56 bits per heavy atom. The van der Waals surface area contributed by atoms with Crippen molar-refractivity contribution >= 4 is 22.2 Å². The van der Waals surface area contributed by atoms with Crippen molar-refractivity contribution in [2.45, 2.75) is 32.4 Å². The molecule has 2 atom stereocenters. The maximum atomic E-state index is 11.9. The lowest BCUT2D eigenvalue weighted by Crippen LogP contribution is -2.43. The van der Waals surface area contributed by atoms with Crippen molar-refractivity contribution in [2.75, 3.05) is 38.2 Å². The molecule has 0 spiro atoms. The zero-order valence-corrected chi connectivity index (χ0v) is 16.7. The van der Waals surface area contributed by atoms with Crippen LogP contribution in [0.15, 0.2) is 24.3 Å². The van der Waals surface area contributed by atoms with E-state index >= 15 is 0 Å². The molecule has 0 bridgehead atoms. The third-order valence-corrected chi connectivity index (χ3v) is 7.06. The van der Waals surface area contributed by atoms with Gasteiger partial charge in [-0.15, -0.1) is 12.4 Å². The molecule has 1 N–H and O–H groups in total. The lowest BCUT2D eigenvalue weighted by atomic mass is 9.88. The van der Waals surface area contributed by atoms with E-state index in [9.17, 15) is 8.42 Å². The number of halogens is 1. The smallest absolute Gasteiger partial charge is 0.151 e. The first-order valence-electron chi connectivity index (χ1n) is 8.67. The Labute approximate surface area is 157 Å². The number of ether oxygens (including phenoxy) is 1. The molecule has 2 aliphatic rings. The number of benzene rings is 1. The van der Waals surface area contributed by atoms with Gasteiger partial charge in [-0.1, -0.05) is 19.1 Å². The van der Waals surface area contributed by atoms with E-state index in [1.165, 1.54) is 5.56 Å². The van der Waals surface area contributed by atoms with Gasteiger partial charge < -0.3 is 10.1 Å². The minimum atomic E-state index is -2.87. The Morgan fingerprint density at radius 2 is 2.04 bits per heavy atom. The topological polar surface area (TPSA) is 58.6 Å². The lowest BCUT2D eigenvalue weighted by Gasteiger charge is -2.35. The van der Waals surface area contributed by atoms with Crippen molar-refractivity contribution in [3.05, 3.63) is 29.8 Å². The van der Waals surface area contributed by atoms with Crippen molar-refractivity contribution in [1.82, 2.24) is 10.2 Å². The van der Waals surface area contributed by atoms with E-state index < -0.39 is 9.84 Å². The fraction of sp³-hybridized carbons (Fsp3) is 0.667. The lowest BCUT2D eigenvalue weighted by molar-refractivity contribution is 0.131. The van der Waals surface area contributed by atoms with E-state index in [-0.39, 0.29) is 23.9 Å². The van der Waals surface area contributed by atoms with Gasteiger partial charge in [-0.05, 0) is 42.5 Å². The Kier molecular flexibility index (Phi) is 6.76. The monoisotopic (exact) mass is 388 g/mol. The minimum Gasteiger partial charge on any atom is -0.497 e. The summed E-state index contributed by atoms with van der Waals surface area (Å²) in [5, 5.41) is 3.44. The van der Waals surface area contributed by atoms with E-state index in [1.807, 2.05) is 12.1 Å². The molecule has 7 heteroatoms. The average molecular weight is 389 g/mol. The highest BCUT2D eigenvalue weighted by Crippen LogP contribution is 2.30. The predicted molar refractivity (Wildman–Crippen MR) is 103 cm³/mol. The second-order valence-corrected chi connectivity index (χ2v) is 9.78. The van der Waals surface area contributed by atoms with Gasteiger partial charge in [0.15, 0.2) is 9.84 Å². The minimum absolute atomic E-state index is 0. The molecule has 2 heterocycles. The Bertz CT molecular complexity index is 657. The summed E-state index contributed by atoms with van der Waals surface area (Å²) < 4.78 is 29.1. The second kappa shape index (κ2) is 8.25. The third-order valence-electron chi connectivity index (χ3n) is 5.31. The number of sulfone groups is 1. The molecule has 3 rings (SSSR count). The first-order chi connectivity index (χ1) is 11.4. The van der Waals surface area contributed by atoms with Gasteiger partial charge in [0.1, 0.15) is 5.75 Å². The van der Waals surface area contributed by atoms with Gasteiger partial charge in [-0.25, -0.2) is 8.42 Å². The van der Waals surface area contributed by atoms with Crippen molar-refractivity contribution in [1.29, 1.82) is 0 Å². The van der Waals surface area contributed by atoms with E-state index in [0.29, 0.717) is 11.5 Å². The average Bonchev–Trinajstić information content (AvgIpc) is 3.13. The number of rotatable bonds is 6. The molecule has 0 aromatic heterocycles. The van der Waals surface area contributed by atoms with Crippen molar-refractivity contribution in [3.8, 4) is 5.75 Å². The summed E-state index contributed by atoms with van der Waals surface area (Å²) in [6.07, 6.45) is 1.90. The fourth-order valence-electron chi connectivity index (χ4n) is 3.84. The molecule has 0 saturated carbocycles. The highest BCUT2D eigenvalue weighted by atomic mass is 35.5. The quantitative estimate of drug-likeness (QED) is 0.808. The summed E-state index contributed by atoms with van der Waals surface area (Å²) in [5.41, 5.74) is 1.42. The van der Waals surface area contributed by atoms with Crippen molar-refractivity contribution < 1.29 is 13.2 Å². The first kappa shape index (κ1) is 20.5. The molecule has 0 aliphatic carbocycles. The maximum absolute atomic E-state index is 11.9. The number of hydrogen-bond acceptors (Lipinski definition) is 5. The molecule has 1 aromatic carbocycles. The van der Waals surface area contributed by atoms with Gasteiger partial charge in [0.25, 0.3) is 0 Å². The molecule has 25 heavy (non-hydrogen) atoms. The standard InChI is InChI=1S/C18H28N2O3S.ClH/c1-18(8-9-19-13-18)14-20(16-7-10-24(21,22)12-16)11-15-3-5-17(23-2)6-4-15;/h3-6,16,19H,7-14H2,1-2H3;1H. The van der Waals surface area contributed by atoms with E-state index in [0.717, 1.165) is 44.8 Å². The van der Waals surface area contributed by atoms with Crippen LogP contribution in [0.5, 0.6) is 5.75 Å². The Morgan fingerprint density at radius 1 is 1.32 bits per heavy atom. The Balaban J connectivity index is 0.00000225. The van der Waals surface area contributed by atoms with Crippen LogP contribution in [0.2, 0.25) is 0 Å². The maximum Gasteiger partial charge on any atom is 0.151 e. The molecule has 2 unspecified atom stereocenters. The van der Waals surface area contributed by atoms with Crippen LogP contribution in [0.25, 0.3) is 0 Å². The molecular formula is C18H29ClN2O3S. The number of methoxy groups -OCH3 is 1. The Hall–Kier alpha value is -0.820. The molecule has 2 fully saturated rings. The molecular weight excluding hydrogens is 360 g/mol. The van der Waals surface area contributed by atoms with Gasteiger partial charge >= 0.3 is 0 Å². The summed E-state index contributed by atoms with van der Waals surface area (Å²) in [7, 11) is -1.21. The van der Waals surface area contributed by atoms with Crippen LogP contribution in [0, 0.1) is 5.41 Å². The molecule has 1 aromatic rings. The van der Waals surface area contributed by atoms with Crippen LogP contribution >= 0.6 is 12.4 Å². The van der Waals surface area contributed by atoms with Gasteiger partial charge in [0, 0.05) is 25.7 Å².